The second kappa shape index (κ2) is 6.71. The molecule has 0 saturated heterocycles. The van der Waals surface area contributed by atoms with Crippen LogP contribution < -0.4 is 5.32 Å². The van der Waals surface area contributed by atoms with Gasteiger partial charge in [-0.3, -0.25) is 4.79 Å². The van der Waals surface area contributed by atoms with Gasteiger partial charge in [-0.05, 0) is 23.8 Å². The maximum atomic E-state index is 12.8. The Morgan fingerprint density at radius 2 is 1.79 bits per heavy atom. The maximum absolute atomic E-state index is 12.8. The van der Waals surface area contributed by atoms with Crippen LogP contribution in [0.15, 0.2) is 40.8 Å². The van der Waals surface area contributed by atoms with Crippen LogP contribution in [0.25, 0.3) is 0 Å². The van der Waals surface area contributed by atoms with Gasteiger partial charge in [0.05, 0.1) is 5.56 Å². The van der Waals surface area contributed by atoms with Crippen LogP contribution in [0, 0.1) is 0 Å². The fourth-order valence-electron chi connectivity index (χ4n) is 2.30. The van der Waals surface area contributed by atoms with Gasteiger partial charge in [0, 0.05) is 18.4 Å². The van der Waals surface area contributed by atoms with Crippen molar-refractivity contribution >= 4 is 5.91 Å². The van der Waals surface area contributed by atoms with Crippen molar-refractivity contribution in [1.29, 1.82) is 0 Å². The molecule has 0 aliphatic heterocycles. The summed E-state index contributed by atoms with van der Waals surface area (Å²) in [6.07, 6.45) is -3.71. The van der Waals surface area contributed by atoms with Crippen molar-refractivity contribution in [1.82, 2.24) is 5.32 Å². The van der Waals surface area contributed by atoms with Gasteiger partial charge >= 0.3 is 6.18 Å². The summed E-state index contributed by atoms with van der Waals surface area (Å²) < 4.78 is 43.9. The zero-order chi connectivity index (χ0) is 18.0. The number of hydrogen-bond acceptors (Lipinski definition) is 2. The van der Waals surface area contributed by atoms with E-state index in [2.05, 4.69) is 5.32 Å². The van der Waals surface area contributed by atoms with E-state index in [0.29, 0.717) is 17.7 Å². The largest absolute Gasteiger partial charge is 0.456 e. The number of hydrogen-bond donors (Lipinski definition) is 1. The fourth-order valence-corrected chi connectivity index (χ4v) is 2.30. The summed E-state index contributed by atoms with van der Waals surface area (Å²) in [6.45, 7) is 5.66. The predicted octanol–water partition coefficient (Wildman–Crippen LogP) is 4.57. The molecule has 6 heteroatoms. The number of amides is 1. The van der Waals surface area contributed by atoms with Gasteiger partial charge in [0.2, 0.25) is 0 Å². The average Bonchev–Trinajstić information content (AvgIpc) is 3.01. The van der Waals surface area contributed by atoms with Gasteiger partial charge in [-0.2, -0.15) is 13.2 Å². The van der Waals surface area contributed by atoms with E-state index >= 15 is 0 Å². The van der Waals surface area contributed by atoms with Crippen LogP contribution in [0.2, 0.25) is 0 Å². The van der Waals surface area contributed by atoms with E-state index in [4.69, 9.17) is 4.42 Å². The highest BCUT2D eigenvalue weighted by Gasteiger charge is 2.32. The Balaban J connectivity index is 2.09. The Morgan fingerprint density at radius 3 is 2.38 bits per heavy atom. The molecular formula is C18H20F3NO2. The Hall–Kier alpha value is -2.24. The molecule has 2 rings (SSSR count). The second-order valence-corrected chi connectivity index (χ2v) is 6.26. The van der Waals surface area contributed by atoms with E-state index in [0.717, 1.165) is 12.1 Å². The lowest BCUT2D eigenvalue weighted by Gasteiger charge is -2.26. The summed E-state index contributed by atoms with van der Waals surface area (Å²) in [5.74, 6) is 0.527. The third-order valence-electron chi connectivity index (χ3n) is 3.90. The first kappa shape index (κ1) is 18.1. The third kappa shape index (κ3) is 4.19. The van der Waals surface area contributed by atoms with Gasteiger partial charge in [0.15, 0.2) is 5.76 Å². The predicted molar refractivity (Wildman–Crippen MR) is 84.9 cm³/mol. The molecule has 0 saturated carbocycles. The summed E-state index contributed by atoms with van der Waals surface area (Å²) >= 11 is 0. The summed E-state index contributed by atoms with van der Waals surface area (Å²) in [4.78, 5) is 12.1. The minimum absolute atomic E-state index is 0.190. The summed E-state index contributed by atoms with van der Waals surface area (Å²) in [5.41, 5.74) is -0.846. The molecule has 0 radical (unpaired) electrons. The first-order chi connectivity index (χ1) is 11.1. The van der Waals surface area contributed by atoms with Crippen molar-refractivity contribution in [3.63, 3.8) is 0 Å². The normalized spacial score (nSPS) is 12.2. The van der Waals surface area contributed by atoms with E-state index < -0.39 is 17.2 Å². The van der Waals surface area contributed by atoms with Gasteiger partial charge in [0.1, 0.15) is 5.76 Å². The number of carbonyl (C=O) groups is 1. The highest BCUT2D eigenvalue weighted by molar-refractivity contribution is 5.91. The van der Waals surface area contributed by atoms with Crippen LogP contribution in [0.3, 0.4) is 0 Å². The molecule has 0 aliphatic carbocycles. The SMILES string of the molecule is CCc1ccc(C(=O)NCC(C)(C)c2cccc(C(F)(F)F)c2)o1. The van der Waals surface area contributed by atoms with Gasteiger partial charge in [-0.1, -0.05) is 39.0 Å². The van der Waals surface area contributed by atoms with E-state index in [-0.39, 0.29) is 18.2 Å². The van der Waals surface area contributed by atoms with Crippen molar-refractivity contribution in [3.8, 4) is 0 Å². The molecule has 24 heavy (non-hydrogen) atoms. The van der Waals surface area contributed by atoms with E-state index in [1.807, 2.05) is 6.92 Å². The molecule has 1 N–H and O–H groups in total. The smallest absolute Gasteiger partial charge is 0.416 e. The molecule has 0 unspecified atom stereocenters. The molecule has 0 bridgehead atoms. The molecule has 0 atom stereocenters. The fraction of sp³-hybridized carbons (Fsp3) is 0.389. The van der Waals surface area contributed by atoms with Crippen molar-refractivity contribution in [2.24, 2.45) is 0 Å². The van der Waals surface area contributed by atoms with Crippen molar-refractivity contribution in [3.05, 3.63) is 59.0 Å². The number of alkyl halides is 3. The zero-order valence-electron chi connectivity index (χ0n) is 13.8. The third-order valence-corrected chi connectivity index (χ3v) is 3.90. The lowest BCUT2D eigenvalue weighted by Crippen LogP contribution is -2.36. The van der Waals surface area contributed by atoms with Crippen LogP contribution in [0.4, 0.5) is 13.2 Å². The summed E-state index contributed by atoms with van der Waals surface area (Å²) in [5, 5.41) is 2.72. The second-order valence-electron chi connectivity index (χ2n) is 6.26. The van der Waals surface area contributed by atoms with Crippen molar-refractivity contribution in [2.45, 2.75) is 38.8 Å². The van der Waals surface area contributed by atoms with Crippen LogP contribution in [0.5, 0.6) is 0 Å². The molecule has 3 nitrogen and oxygen atoms in total. The molecule has 1 amide bonds. The molecule has 0 spiro atoms. The topological polar surface area (TPSA) is 42.2 Å². The molecule has 0 fully saturated rings. The molecule has 130 valence electrons. The average molecular weight is 339 g/mol. The van der Waals surface area contributed by atoms with Gasteiger partial charge in [-0.25, -0.2) is 0 Å². The Bertz CT molecular complexity index is 717. The minimum atomic E-state index is -4.39. The number of benzene rings is 1. The molecule has 1 heterocycles. The number of rotatable bonds is 5. The lowest BCUT2D eigenvalue weighted by molar-refractivity contribution is -0.137. The standard InChI is InChI=1S/C18H20F3NO2/c1-4-14-8-9-15(24-14)16(23)22-11-17(2,3)12-6-5-7-13(10-12)18(19,20)21/h5-10H,4,11H2,1-3H3,(H,22,23). The summed E-state index contributed by atoms with van der Waals surface area (Å²) in [6, 6.07) is 8.48. The van der Waals surface area contributed by atoms with Crippen LogP contribution in [-0.2, 0) is 18.0 Å². The van der Waals surface area contributed by atoms with Crippen molar-refractivity contribution in [2.75, 3.05) is 6.54 Å². The Kier molecular flexibility index (Phi) is 5.06. The summed E-state index contributed by atoms with van der Waals surface area (Å²) in [7, 11) is 0. The highest BCUT2D eigenvalue weighted by atomic mass is 19.4. The first-order valence-electron chi connectivity index (χ1n) is 7.68. The molecule has 2 aromatic rings. The van der Waals surface area contributed by atoms with Gasteiger partial charge < -0.3 is 9.73 Å². The maximum Gasteiger partial charge on any atom is 0.416 e. The number of furan rings is 1. The Morgan fingerprint density at radius 1 is 1.12 bits per heavy atom. The molecule has 1 aromatic heterocycles. The minimum Gasteiger partial charge on any atom is -0.456 e. The first-order valence-corrected chi connectivity index (χ1v) is 7.68. The van der Waals surface area contributed by atoms with Gasteiger partial charge in [-0.15, -0.1) is 0 Å². The molecule has 0 aliphatic rings. The zero-order valence-corrected chi connectivity index (χ0v) is 13.8. The molecular weight excluding hydrogens is 319 g/mol. The van der Waals surface area contributed by atoms with E-state index in [9.17, 15) is 18.0 Å². The highest BCUT2D eigenvalue weighted by Crippen LogP contribution is 2.32. The van der Waals surface area contributed by atoms with Gasteiger partial charge in [0.25, 0.3) is 5.91 Å². The van der Waals surface area contributed by atoms with Crippen LogP contribution in [-0.4, -0.2) is 12.5 Å². The number of nitrogens with one attached hydrogen (secondary N) is 1. The van der Waals surface area contributed by atoms with Crippen LogP contribution >= 0.6 is 0 Å². The van der Waals surface area contributed by atoms with E-state index in [1.54, 1.807) is 32.0 Å². The monoisotopic (exact) mass is 339 g/mol. The number of aryl methyl sites for hydroxylation is 1. The Labute approximate surface area is 138 Å². The molecule has 1 aromatic carbocycles. The number of halogens is 3. The van der Waals surface area contributed by atoms with Crippen LogP contribution in [0.1, 0.15) is 48.2 Å². The van der Waals surface area contributed by atoms with Crippen molar-refractivity contribution < 1.29 is 22.4 Å². The lowest BCUT2D eigenvalue weighted by atomic mass is 9.83. The number of carbonyl (C=O) groups excluding carboxylic acids is 1. The van der Waals surface area contributed by atoms with E-state index in [1.165, 1.54) is 6.07 Å². The quantitative estimate of drug-likeness (QED) is 0.867.